The molecule has 1 aromatic carbocycles. The zero-order chi connectivity index (χ0) is 14.9. The highest BCUT2D eigenvalue weighted by atomic mass is 16.4. The molecular formula is C16H20N2O2. The molecular weight excluding hydrogens is 252 g/mol. The number of aromatic carboxylic acids is 1. The fourth-order valence-corrected chi connectivity index (χ4v) is 2.14. The van der Waals surface area contributed by atoms with Crippen LogP contribution in [0, 0.1) is 0 Å². The van der Waals surface area contributed by atoms with Gasteiger partial charge in [-0.2, -0.15) is 5.10 Å². The molecule has 0 saturated carbocycles. The minimum absolute atomic E-state index is 0.0850. The number of aryl methyl sites for hydroxylation is 1. The molecule has 0 spiro atoms. The summed E-state index contributed by atoms with van der Waals surface area (Å²) >= 11 is 0. The summed E-state index contributed by atoms with van der Waals surface area (Å²) in [5.74, 6) is -0.996. The van der Waals surface area contributed by atoms with Gasteiger partial charge in [-0.25, -0.2) is 4.79 Å². The predicted molar refractivity (Wildman–Crippen MR) is 79.0 cm³/mol. The molecule has 0 atom stereocenters. The van der Waals surface area contributed by atoms with Crippen molar-refractivity contribution >= 4 is 5.97 Å². The van der Waals surface area contributed by atoms with Crippen LogP contribution in [0.2, 0.25) is 0 Å². The second-order valence-corrected chi connectivity index (χ2v) is 5.86. The van der Waals surface area contributed by atoms with Crippen molar-refractivity contribution in [2.24, 2.45) is 0 Å². The molecule has 1 heterocycles. The van der Waals surface area contributed by atoms with Crippen molar-refractivity contribution < 1.29 is 9.90 Å². The molecule has 1 aromatic heterocycles. The highest BCUT2D eigenvalue weighted by Crippen LogP contribution is 2.26. The number of hydrogen-bond donors (Lipinski definition) is 1. The monoisotopic (exact) mass is 272 g/mol. The molecule has 2 aromatic rings. The lowest BCUT2D eigenvalue weighted by molar-refractivity contribution is 0.0689. The van der Waals surface area contributed by atoms with E-state index in [0.29, 0.717) is 6.54 Å². The topological polar surface area (TPSA) is 55.1 Å². The quantitative estimate of drug-likeness (QED) is 0.929. The van der Waals surface area contributed by atoms with Crippen LogP contribution >= 0.6 is 0 Å². The third-order valence-corrected chi connectivity index (χ3v) is 3.35. The molecule has 0 aliphatic heterocycles. The maximum Gasteiger partial charge on any atom is 0.356 e. The summed E-state index contributed by atoms with van der Waals surface area (Å²) in [4.78, 5) is 11.0. The van der Waals surface area contributed by atoms with E-state index in [1.54, 1.807) is 10.7 Å². The average molecular weight is 272 g/mol. The number of hydrogen-bond acceptors (Lipinski definition) is 2. The first kappa shape index (κ1) is 14.3. The van der Waals surface area contributed by atoms with Crippen LogP contribution in [0.1, 0.15) is 43.7 Å². The molecule has 4 heteroatoms. The highest BCUT2D eigenvalue weighted by Gasteiger charge is 2.16. The lowest BCUT2D eigenvalue weighted by Crippen LogP contribution is -2.10. The van der Waals surface area contributed by atoms with Crippen LogP contribution < -0.4 is 0 Å². The Balaban J connectivity index is 2.43. The largest absolute Gasteiger partial charge is 0.476 e. The Morgan fingerprint density at radius 2 is 1.85 bits per heavy atom. The Labute approximate surface area is 119 Å². The van der Waals surface area contributed by atoms with Crippen LogP contribution in [-0.4, -0.2) is 20.9 Å². The van der Waals surface area contributed by atoms with Crippen molar-refractivity contribution in [3.63, 3.8) is 0 Å². The summed E-state index contributed by atoms with van der Waals surface area (Å²) in [6, 6.07) is 9.84. The molecule has 106 valence electrons. The number of carbonyl (C=O) groups is 1. The van der Waals surface area contributed by atoms with Gasteiger partial charge in [0.2, 0.25) is 0 Å². The van der Waals surface area contributed by atoms with E-state index in [1.807, 2.05) is 19.1 Å². The van der Waals surface area contributed by atoms with Gasteiger partial charge in [0.25, 0.3) is 0 Å². The lowest BCUT2D eigenvalue weighted by atomic mass is 9.86. The fraction of sp³-hybridized carbons (Fsp3) is 0.375. The van der Waals surface area contributed by atoms with Crippen LogP contribution in [0.3, 0.4) is 0 Å². The van der Waals surface area contributed by atoms with Gasteiger partial charge in [0.15, 0.2) is 5.69 Å². The average Bonchev–Trinajstić information content (AvgIpc) is 2.82. The summed E-state index contributed by atoms with van der Waals surface area (Å²) in [6.07, 6.45) is 0. The van der Waals surface area contributed by atoms with E-state index in [0.717, 1.165) is 11.3 Å². The van der Waals surface area contributed by atoms with Gasteiger partial charge in [0.05, 0.1) is 5.69 Å². The van der Waals surface area contributed by atoms with Crippen LogP contribution in [0.25, 0.3) is 11.3 Å². The number of rotatable bonds is 3. The van der Waals surface area contributed by atoms with Crippen molar-refractivity contribution in [2.75, 3.05) is 0 Å². The van der Waals surface area contributed by atoms with E-state index in [1.165, 1.54) is 5.56 Å². The van der Waals surface area contributed by atoms with Crippen LogP contribution in [0.15, 0.2) is 30.3 Å². The first-order valence-corrected chi connectivity index (χ1v) is 6.75. The molecule has 20 heavy (non-hydrogen) atoms. The van der Waals surface area contributed by atoms with Crippen LogP contribution in [0.4, 0.5) is 0 Å². The molecule has 0 unspecified atom stereocenters. The van der Waals surface area contributed by atoms with E-state index in [9.17, 15) is 4.79 Å². The van der Waals surface area contributed by atoms with Gasteiger partial charge in [-0.3, -0.25) is 4.68 Å². The minimum Gasteiger partial charge on any atom is -0.476 e. The molecule has 0 aliphatic carbocycles. The van der Waals surface area contributed by atoms with Gasteiger partial charge in [-0.15, -0.1) is 0 Å². The number of carboxylic acid groups (broad SMARTS) is 1. The van der Waals surface area contributed by atoms with E-state index in [-0.39, 0.29) is 11.1 Å². The maximum atomic E-state index is 11.0. The van der Waals surface area contributed by atoms with Crippen molar-refractivity contribution in [2.45, 2.75) is 39.7 Å². The SMILES string of the molecule is CCn1nc(C(=O)O)cc1-c1ccc(C(C)(C)C)cc1. The van der Waals surface area contributed by atoms with E-state index in [2.05, 4.69) is 38.0 Å². The van der Waals surface area contributed by atoms with Crippen molar-refractivity contribution in [3.05, 3.63) is 41.6 Å². The van der Waals surface area contributed by atoms with Gasteiger partial charge < -0.3 is 5.11 Å². The fourth-order valence-electron chi connectivity index (χ4n) is 2.14. The Hall–Kier alpha value is -2.10. The first-order valence-electron chi connectivity index (χ1n) is 6.75. The van der Waals surface area contributed by atoms with Crippen LogP contribution in [-0.2, 0) is 12.0 Å². The molecule has 0 fully saturated rings. The molecule has 0 aliphatic rings. The molecule has 0 radical (unpaired) electrons. The summed E-state index contributed by atoms with van der Waals surface area (Å²) in [6.45, 7) is 9.10. The first-order chi connectivity index (χ1) is 9.32. The molecule has 2 rings (SSSR count). The number of benzene rings is 1. The molecule has 0 bridgehead atoms. The summed E-state index contributed by atoms with van der Waals surface area (Å²) in [7, 11) is 0. The molecule has 0 amide bonds. The number of nitrogens with zero attached hydrogens (tertiary/aromatic N) is 2. The number of aromatic nitrogens is 2. The third kappa shape index (κ3) is 2.74. The van der Waals surface area contributed by atoms with E-state index < -0.39 is 5.97 Å². The van der Waals surface area contributed by atoms with Gasteiger partial charge in [0.1, 0.15) is 0 Å². The van der Waals surface area contributed by atoms with Gasteiger partial charge in [-0.05, 0) is 29.5 Å². The Morgan fingerprint density at radius 1 is 1.25 bits per heavy atom. The summed E-state index contributed by atoms with van der Waals surface area (Å²) in [5, 5.41) is 13.1. The highest BCUT2D eigenvalue weighted by molar-refractivity contribution is 5.87. The lowest BCUT2D eigenvalue weighted by Gasteiger charge is -2.19. The van der Waals surface area contributed by atoms with Gasteiger partial charge in [0, 0.05) is 6.54 Å². The van der Waals surface area contributed by atoms with Gasteiger partial charge in [-0.1, -0.05) is 45.0 Å². The second-order valence-electron chi connectivity index (χ2n) is 5.86. The zero-order valence-corrected chi connectivity index (χ0v) is 12.3. The zero-order valence-electron chi connectivity index (χ0n) is 12.3. The summed E-state index contributed by atoms with van der Waals surface area (Å²) < 4.78 is 1.72. The smallest absolute Gasteiger partial charge is 0.356 e. The minimum atomic E-state index is -0.996. The Bertz CT molecular complexity index is 619. The Morgan fingerprint density at radius 3 is 2.30 bits per heavy atom. The van der Waals surface area contributed by atoms with Crippen molar-refractivity contribution in [3.8, 4) is 11.3 Å². The summed E-state index contributed by atoms with van der Waals surface area (Å²) in [5.41, 5.74) is 3.27. The molecule has 1 N–H and O–H groups in total. The Kier molecular flexibility index (Phi) is 3.66. The standard InChI is InChI=1S/C16H20N2O2/c1-5-18-14(10-13(17-18)15(19)20)11-6-8-12(9-7-11)16(2,3)4/h6-10H,5H2,1-4H3,(H,19,20). The van der Waals surface area contributed by atoms with Gasteiger partial charge >= 0.3 is 5.97 Å². The predicted octanol–water partition coefficient (Wildman–Crippen LogP) is 3.57. The molecule has 0 saturated heterocycles. The third-order valence-electron chi connectivity index (χ3n) is 3.35. The number of carboxylic acids is 1. The second kappa shape index (κ2) is 5.12. The van der Waals surface area contributed by atoms with E-state index >= 15 is 0 Å². The normalized spacial score (nSPS) is 11.6. The van der Waals surface area contributed by atoms with Crippen molar-refractivity contribution in [1.29, 1.82) is 0 Å². The van der Waals surface area contributed by atoms with Crippen molar-refractivity contribution in [1.82, 2.24) is 9.78 Å². The molecule has 4 nitrogen and oxygen atoms in total. The maximum absolute atomic E-state index is 11.0. The van der Waals surface area contributed by atoms with Crippen LogP contribution in [0.5, 0.6) is 0 Å². The van der Waals surface area contributed by atoms with E-state index in [4.69, 9.17) is 5.11 Å².